The molecule has 128 valence electrons. The molecule has 7 nitrogen and oxygen atoms in total. The lowest BCUT2D eigenvalue weighted by molar-refractivity contribution is 0.130. The number of benzene rings is 2. The van der Waals surface area contributed by atoms with E-state index >= 15 is 0 Å². The molecule has 0 fully saturated rings. The van der Waals surface area contributed by atoms with Gasteiger partial charge in [0.1, 0.15) is 6.61 Å². The summed E-state index contributed by atoms with van der Waals surface area (Å²) in [6, 6.07) is 15.4. The summed E-state index contributed by atoms with van der Waals surface area (Å²) in [7, 11) is 1.56. The van der Waals surface area contributed by atoms with Gasteiger partial charge in [-0.05, 0) is 41.5 Å². The van der Waals surface area contributed by atoms with Gasteiger partial charge in [0.2, 0.25) is 0 Å². The smallest absolute Gasteiger partial charge is 0.368 e. The van der Waals surface area contributed by atoms with Crippen molar-refractivity contribution < 1.29 is 4.84 Å². The van der Waals surface area contributed by atoms with E-state index in [9.17, 15) is 4.79 Å². The standard InChI is InChI=1S/C18H19N5O2/c1-13-8-7-11-17(23-18(24)22(3)20-21-23)16(13)12-25-19-14(2)15-9-5-4-6-10-15/h4-11H,12H2,1-3H3. The number of aryl methyl sites for hydroxylation is 2. The molecule has 0 spiro atoms. The molecule has 0 aliphatic carbocycles. The predicted octanol–water partition coefficient (Wildman–Crippen LogP) is 2.22. The van der Waals surface area contributed by atoms with Crippen molar-refractivity contribution in [2.75, 3.05) is 0 Å². The van der Waals surface area contributed by atoms with E-state index < -0.39 is 0 Å². The third-order valence-electron chi connectivity index (χ3n) is 3.94. The zero-order valence-electron chi connectivity index (χ0n) is 14.4. The second kappa shape index (κ2) is 7.12. The van der Waals surface area contributed by atoms with E-state index in [0.29, 0.717) is 5.69 Å². The molecule has 0 aliphatic heterocycles. The van der Waals surface area contributed by atoms with Gasteiger partial charge in [0.15, 0.2) is 0 Å². The van der Waals surface area contributed by atoms with Crippen molar-refractivity contribution in [2.45, 2.75) is 20.5 Å². The average Bonchev–Trinajstić information content (AvgIpc) is 2.96. The van der Waals surface area contributed by atoms with Crippen molar-refractivity contribution in [1.82, 2.24) is 19.8 Å². The monoisotopic (exact) mass is 337 g/mol. The maximum atomic E-state index is 12.1. The summed E-state index contributed by atoms with van der Waals surface area (Å²) >= 11 is 0. The highest BCUT2D eigenvalue weighted by Gasteiger charge is 2.13. The number of oxime groups is 1. The van der Waals surface area contributed by atoms with E-state index in [1.54, 1.807) is 7.05 Å². The highest BCUT2D eigenvalue weighted by molar-refractivity contribution is 5.98. The summed E-state index contributed by atoms with van der Waals surface area (Å²) in [6.07, 6.45) is 0. The van der Waals surface area contributed by atoms with Gasteiger partial charge in [0.25, 0.3) is 0 Å². The van der Waals surface area contributed by atoms with E-state index in [2.05, 4.69) is 15.6 Å². The molecule has 3 aromatic rings. The molecule has 7 heteroatoms. The van der Waals surface area contributed by atoms with Crippen LogP contribution in [0.5, 0.6) is 0 Å². The third-order valence-corrected chi connectivity index (χ3v) is 3.94. The average molecular weight is 337 g/mol. The molecule has 0 saturated carbocycles. The zero-order chi connectivity index (χ0) is 17.8. The maximum Gasteiger partial charge on any atom is 0.368 e. The summed E-state index contributed by atoms with van der Waals surface area (Å²) in [5.41, 5.74) is 3.95. The molecular weight excluding hydrogens is 318 g/mol. The van der Waals surface area contributed by atoms with Crippen LogP contribution in [0.15, 0.2) is 58.5 Å². The minimum atomic E-state index is -0.309. The third kappa shape index (κ3) is 3.50. The molecule has 0 atom stereocenters. The maximum absolute atomic E-state index is 12.1. The van der Waals surface area contributed by atoms with Crippen molar-refractivity contribution in [3.05, 3.63) is 75.7 Å². The summed E-state index contributed by atoms with van der Waals surface area (Å²) in [4.78, 5) is 17.7. The molecule has 1 heterocycles. The van der Waals surface area contributed by atoms with Crippen LogP contribution in [0.2, 0.25) is 0 Å². The lowest BCUT2D eigenvalue weighted by Crippen LogP contribution is -2.23. The fourth-order valence-electron chi connectivity index (χ4n) is 2.46. The Hall–Kier alpha value is -3.22. The van der Waals surface area contributed by atoms with Crippen LogP contribution < -0.4 is 5.69 Å². The Balaban J connectivity index is 1.86. The second-order valence-corrected chi connectivity index (χ2v) is 5.69. The predicted molar refractivity (Wildman–Crippen MR) is 94.8 cm³/mol. The fourth-order valence-corrected chi connectivity index (χ4v) is 2.46. The van der Waals surface area contributed by atoms with Crippen molar-refractivity contribution in [3.63, 3.8) is 0 Å². The van der Waals surface area contributed by atoms with Crippen LogP contribution in [0.1, 0.15) is 23.6 Å². The highest BCUT2D eigenvalue weighted by Crippen LogP contribution is 2.18. The molecule has 0 N–H and O–H groups in total. The summed E-state index contributed by atoms with van der Waals surface area (Å²) in [5.74, 6) is 0. The van der Waals surface area contributed by atoms with E-state index in [1.165, 1.54) is 9.36 Å². The second-order valence-electron chi connectivity index (χ2n) is 5.69. The van der Waals surface area contributed by atoms with Gasteiger partial charge in [-0.1, -0.05) is 47.6 Å². The van der Waals surface area contributed by atoms with E-state index in [0.717, 1.165) is 22.4 Å². The Morgan fingerprint density at radius 1 is 1.12 bits per heavy atom. The Labute approximate surface area is 145 Å². The first-order valence-corrected chi connectivity index (χ1v) is 7.88. The fraction of sp³-hybridized carbons (Fsp3) is 0.222. The lowest BCUT2D eigenvalue weighted by Gasteiger charge is -2.10. The number of hydrogen-bond acceptors (Lipinski definition) is 5. The van der Waals surface area contributed by atoms with Gasteiger partial charge < -0.3 is 4.84 Å². The number of aromatic nitrogens is 4. The van der Waals surface area contributed by atoms with Gasteiger partial charge in [-0.15, -0.1) is 0 Å². The van der Waals surface area contributed by atoms with E-state index in [-0.39, 0.29) is 12.3 Å². The largest absolute Gasteiger partial charge is 0.391 e. The normalized spacial score (nSPS) is 11.6. The molecule has 25 heavy (non-hydrogen) atoms. The van der Waals surface area contributed by atoms with Crippen molar-refractivity contribution >= 4 is 5.71 Å². The van der Waals surface area contributed by atoms with Gasteiger partial charge in [-0.25, -0.2) is 4.79 Å². The molecule has 0 saturated heterocycles. The molecule has 0 radical (unpaired) electrons. The minimum Gasteiger partial charge on any atom is -0.391 e. The number of tetrazole rings is 1. The van der Waals surface area contributed by atoms with Crippen LogP contribution in [0, 0.1) is 6.92 Å². The quantitative estimate of drug-likeness (QED) is 0.528. The molecule has 3 rings (SSSR count). The highest BCUT2D eigenvalue weighted by atomic mass is 16.6. The Bertz CT molecular complexity index is 957. The molecule has 1 aromatic heterocycles. The first-order valence-electron chi connectivity index (χ1n) is 7.88. The molecular formula is C18H19N5O2. The first kappa shape index (κ1) is 16.6. The summed E-state index contributed by atoms with van der Waals surface area (Å²) in [5, 5.41) is 11.8. The lowest BCUT2D eigenvalue weighted by atomic mass is 10.1. The Kier molecular flexibility index (Phi) is 4.74. The van der Waals surface area contributed by atoms with Gasteiger partial charge in [-0.3, -0.25) is 0 Å². The molecule has 0 bridgehead atoms. The molecule has 0 unspecified atom stereocenters. The molecule has 0 amide bonds. The van der Waals surface area contributed by atoms with Crippen LogP contribution >= 0.6 is 0 Å². The Morgan fingerprint density at radius 3 is 2.56 bits per heavy atom. The minimum absolute atomic E-state index is 0.231. The van der Waals surface area contributed by atoms with Crippen molar-refractivity contribution in [2.24, 2.45) is 12.2 Å². The molecule has 2 aromatic carbocycles. The topological polar surface area (TPSA) is 74.3 Å². The van der Waals surface area contributed by atoms with Crippen LogP contribution in [0.3, 0.4) is 0 Å². The van der Waals surface area contributed by atoms with Crippen LogP contribution in [0.4, 0.5) is 0 Å². The number of hydrogen-bond donors (Lipinski definition) is 0. The summed E-state index contributed by atoms with van der Waals surface area (Å²) < 4.78 is 2.45. The zero-order valence-corrected chi connectivity index (χ0v) is 14.4. The summed E-state index contributed by atoms with van der Waals surface area (Å²) in [6.45, 7) is 4.08. The van der Waals surface area contributed by atoms with Crippen molar-refractivity contribution in [3.8, 4) is 5.69 Å². The van der Waals surface area contributed by atoms with Gasteiger partial charge in [0.05, 0.1) is 11.4 Å². The SMILES string of the molecule is CC(=NOCc1c(C)cccc1-n1nnn(C)c1=O)c1ccccc1. The van der Waals surface area contributed by atoms with E-state index in [4.69, 9.17) is 4.84 Å². The van der Waals surface area contributed by atoms with Gasteiger partial charge in [0, 0.05) is 12.6 Å². The van der Waals surface area contributed by atoms with E-state index in [1.807, 2.05) is 62.4 Å². The van der Waals surface area contributed by atoms with Gasteiger partial charge in [-0.2, -0.15) is 9.36 Å². The first-order chi connectivity index (χ1) is 12.1. The van der Waals surface area contributed by atoms with Crippen LogP contribution in [-0.4, -0.2) is 25.5 Å². The van der Waals surface area contributed by atoms with Gasteiger partial charge >= 0.3 is 5.69 Å². The number of rotatable bonds is 5. The van der Waals surface area contributed by atoms with Crippen LogP contribution in [0.25, 0.3) is 5.69 Å². The number of nitrogens with zero attached hydrogens (tertiary/aromatic N) is 5. The van der Waals surface area contributed by atoms with Crippen molar-refractivity contribution in [1.29, 1.82) is 0 Å². The molecule has 0 aliphatic rings. The van der Waals surface area contributed by atoms with Crippen LogP contribution in [-0.2, 0) is 18.5 Å². The Morgan fingerprint density at radius 2 is 1.88 bits per heavy atom.